The number of nitrogens with zero attached hydrogens (tertiary/aromatic N) is 3. The number of hydrogen-bond donors (Lipinski definition) is 2. The maximum absolute atomic E-state index is 12.3. The molecule has 174 valence electrons. The van der Waals surface area contributed by atoms with Crippen molar-refractivity contribution in [2.75, 3.05) is 24.7 Å². The van der Waals surface area contributed by atoms with Gasteiger partial charge in [0.15, 0.2) is 5.16 Å². The molecule has 1 aromatic heterocycles. The molecule has 33 heavy (non-hydrogen) atoms. The largest absolute Gasteiger partial charge is 0.497 e. The van der Waals surface area contributed by atoms with Gasteiger partial charge in [-0.2, -0.15) is 0 Å². The van der Waals surface area contributed by atoms with Crippen LogP contribution in [0.15, 0.2) is 47.6 Å². The highest BCUT2D eigenvalue weighted by molar-refractivity contribution is 7.99. The Hall–Kier alpha value is -3.04. The van der Waals surface area contributed by atoms with Gasteiger partial charge in [-0.15, -0.1) is 10.2 Å². The Bertz CT molecular complexity index is 1120. The van der Waals surface area contributed by atoms with Gasteiger partial charge in [-0.25, -0.2) is 0 Å². The number of aryl methyl sites for hydroxylation is 1. The van der Waals surface area contributed by atoms with Crippen molar-refractivity contribution in [3.63, 3.8) is 0 Å². The molecular formula is C23H26ClN5O3S. The van der Waals surface area contributed by atoms with E-state index >= 15 is 0 Å². The second kappa shape index (κ2) is 11.7. The fourth-order valence-corrected chi connectivity index (χ4v) is 4.06. The standard InChI is InChI=1S/C23H26ClN5O3S/c1-4-29-20(11-12-25-22(31)16-6-9-18(32-3)10-7-16)27-28-23(29)33-14-21(30)26-17-8-5-15(2)19(24)13-17/h5-10,13H,4,11-12,14H2,1-3H3,(H,25,31)(H,26,30). The lowest BCUT2D eigenvalue weighted by molar-refractivity contribution is -0.113. The Morgan fingerprint density at radius 1 is 1.15 bits per heavy atom. The second-order valence-electron chi connectivity index (χ2n) is 7.18. The lowest BCUT2D eigenvalue weighted by Crippen LogP contribution is -2.26. The molecule has 1 heterocycles. The molecule has 0 aliphatic carbocycles. The highest BCUT2D eigenvalue weighted by Gasteiger charge is 2.14. The van der Waals surface area contributed by atoms with E-state index in [1.807, 2.05) is 30.5 Å². The van der Waals surface area contributed by atoms with Crippen LogP contribution in [0.25, 0.3) is 0 Å². The number of amides is 2. The van der Waals surface area contributed by atoms with Gasteiger partial charge >= 0.3 is 0 Å². The maximum Gasteiger partial charge on any atom is 0.251 e. The monoisotopic (exact) mass is 487 g/mol. The van der Waals surface area contributed by atoms with Gasteiger partial charge in [0.25, 0.3) is 5.91 Å². The molecule has 0 atom stereocenters. The Kier molecular flexibility index (Phi) is 8.73. The fraction of sp³-hybridized carbons (Fsp3) is 0.304. The zero-order valence-corrected chi connectivity index (χ0v) is 20.3. The summed E-state index contributed by atoms with van der Waals surface area (Å²) in [4.78, 5) is 24.6. The summed E-state index contributed by atoms with van der Waals surface area (Å²) in [6.45, 7) is 4.97. The number of halogens is 1. The molecule has 0 radical (unpaired) electrons. The van der Waals surface area contributed by atoms with Crippen molar-refractivity contribution in [2.24, 2.45) is 0 Å². The highest BCUT2D eigenvalue weighted by atomic mass is 35.5. The number of ether oxygens (including phenoxy) is 1. The minimum Gasteiger partial charge on any atom is -0.497 e. The zero-order valence-electron chi connectivity index (χ0n) is 18.7. The molecule has 0 saturated heterocycles. The molecule has 2 amide bonds. The van der Waals surface area contributed by atoms with Crippen LogP contribution in [0.1, 0.15) is 28.7 Å². The average molecular weight is 488 g/mol. The van der Waals surface area contributed by atoms with Crippen molar-refractivity contribution in [3.05, 3.63) is 64.4 Å². The number of benzene rings is 2. The van der Waals surface area contributed by atoms with Gasteiger partial charge in [0.1, 0.15) is 11.6 Å². The number of nitrogens with one attached hydrogen (secondary N) is 2. The normalized spacial score (nSPS) is 10.7. The Balaban J connectivity index is 1.50. The van der Waals surface area contributed by atoms with E-state index in [2.05, 4.69) is 20.8 Å². The molecule has 0 bridgehead atoms. The molecule has 0 saturated carbocycles. The first kappa shape index (κ1) is 24.6. The van der Waals surface area contributed by atoms with E-state index in [1.165, 1.54) is 11.8 Å². The van der Waals surface area contributed by atoms with E-state index in [4.69, 9.17) is 16.3 Å². The predicted octanol–water partition coefficient (Wildman–Crippen LogP) is 3.97. The molecule has 2 aromatic carbocycles. The van der Waals surface area contributed by atoms with Crippen molar-refractivity contribution >= 4 is 40.9 Å². The van der Waals surface area contributed by atoms with Gasteiger partial charge in [0, 0.05) is 35.8 Å². The predicted molar refractivity (Wildman–Crippen MR) is 130 cm³/mol. The summed E-state index contributed by atoms with van der Waals surface area (Å²) in [6, 6.07) is 12.3. The van der Waals surface area contributed by atoms with E-state index in [-0.39, 0.29) is 17.6 Å². The lowest BCUT2D eigenvalue weighted by Gasteiger charge is -2.09. The summed E-state index contributed by atoms with van der Waals surface area (Å²) in [5.74, 6) is 1.32. The molecule has 0 aliphatic rings. The van der Waals surface area contributed by atoms with Gasteiger partial charge < -0.3 is 19.9 Å². The number of thioether (sulfide) groups is 1. The van der Waals surface area contributed by atoms with Crippen molar-refractivity contribution in [2.45, 2.75) is 32.0 Å². The summed E-state index contributed by atoms with van der Waals surface area (Å²) in [5, 5.41) is 15.4. The van der Waals surface area contributed by atoms with Crippen LogP contribution >= 0.6 is 23.4 Å². The molecule has 0 aliphatic heterocycles. The third-order valence-corrected chi connectivity index (χ3v) is 6.26. The van der Waals surface area contributed by atoms with E-state index < -0.39 is 0 Å². The Labute approximate surface area is 202 Å². The number of anilines is 1. The minimum absolute atomic E-state index is 0.154. The van der Waals surface area contributed by atoms with Crippen molar-refractivity contribution in [1.29, 1.82) is 0 Å². The van der Waals surface area contributed by atoms with E-state index in [9.17, 15) is 9.59 Å². The molecule has 3 rings (SSSR count). The molecule has 8 nitrogen and oxygen atoms in total. The van der Waals surface area contributed by atoms with Crippen LogP contribution in [-0.2, 0) is 17.8 Å². The minimum atomic E-state index is -0.164. The van der Waals surface area contributed by atoms with Crippen molar-refractivity contribution in [1.82, 2.24) is 20.1 Å². The first-order valence-corrected chi connectivity index (χ1v) is 11.8. The second-order valence-corrected chi connectivity index (χ2v) is 8.53. The summed E-state index contributed by atoms with van der Waals surface area (Å²) in [7, 11) is 1.58. The Morgan fingerprint density at radius 3 is 2.58 bits per heavy atom. The van der Waals surface area contributed by atoms with Gasteiger partial charge in [-0.3, -0.25) is 9.59 Å². The quantitative estimate of drug-likeness (QED) is 0.420. The number of hydrogen-bond acceptors (Lipinski definition) is 6. The summed E-state index contributed by atoms with van der Waals surface area (Å²) >= 11 is 7.42. The summed E-state index contributed by atoms with van der Waals surface area (Å²) in [5.41, 5.74) is 2.17. The first-order valence-electron chi connectivity index (χ1n) is 10.4. The molecule has 0 spiro atoms. The van der Waals surface area contributed by atoms with Crippen LogP contribution in [0.3, 0.4) is 0 Å². The van der Waals surface area contributed by atoms with Crippen LogP contribution in [0.2, 0.25) is 5.02 Å². The van der Waals surface area contributed by atoms with Crippen LogP contribution in [0.4, 0.5) is 5.69 Å². The molecule has 0 fully saturated rings. The van der Waals surface area contributed by atoms with E-state index in [0.717, 1.165) is 11.4 Å². The van der Waals surface area contributed by atoms with Crippen molar-refractivity contribution < 1.29 is 14.3 Å². The summed E-state index contributed by atoms with van der Waals surface area (Å²) in [6.07, 6.45) is 0.525. The lowest BCUT2D eigenvalue weighted by atomic mass is 10.2. The van der Waals surface area contributed by atoms with Crippen LogP contribution in [0.5, 0.6) is 5.75 Å². The zero-order chi connectivity index (χ0) is 23.8. The molecular weight excluding hydrogens is 462 g/mol. The van der Waals surface area contributed by atoms with Crippen LogP contribution in [-0.4, -0.2) is 46.0 Å². The van der Waals surface area contributed by atoms with Crippen molar-refractivity contribution in [3.8, 4) is 5.75 Å². The smallest absolute Gasteiger partial charge is 0.251 e. The van der Waals surface area contributed by atoms with Gasteiger partial charge in [-0.05, 0) is 55.8 Å². The molecule has 3 aromatic rings. The number of carbonyl (C=O) groups is 2. The van der Waals surface area contributed by atoms with E-state index in [1.54, 1.807) is 37.4 Å². The number of aromatic nitrogens is 3. The third-order valence-electron chi connectivity index (χ3n) is 4.88. The SMILES string of the molecule is CCn1c(CCNC(=O)c2ccc(OC)cc2)nnc1SCC(=O)Nc1ccc(C)c(Cl)c1. The number of rotatable bonds is 10. The number of methoxy groups -OCH3 is 1. The topological polar surface area (TPSA) is 98.1 Å². The summed E-state index contributed by atoms with van der Waals surface area (Å²) < 4.78 is 7.05. The number of carbonyl (C=O) groups excluding carboxylic acids is 2. The van der Waals surface area contributed by atoms with Crippen LogP contribution < -0.4 is 15.4 Å². The van der Waals surface area contributed by atoms with Crippen LogP contribution in [0, 0.1) is 6.92 Å². The fourth-order valence-electron chi connectivity index (χ4n) is 3.06. The van der Waals surface area contributed by atoms with Gasteiger partial charge in [0.05, 0.1) is 12.9 Å². The Morgan fingerprint density at radius 2 is 1.91 bits per heavy atom. The highest BCUT2D eigenvalue weighted by Crippen LogP contribution is 2.21. The van der Waals surface area contributed by atoms with Gasteiger partial charge in [-0.1, -0.05) is 29.4 Å². The maximum atomic E-state index is 12.3. The molecule has 0 unspecified atom stereocenters. The molecule has 10 heteroatoms. The average Bonchev–Trinajstić information content (AvgIpc) is 3.21. The third kappa shape index (κ3) is 6.72. The molecule has 2 N–H and O–H groups in total. The van der Waals surface area contributed by atoms with E-state index in [0.29, 0.717) is 46.7 Å². The van der Waals surface area contributed by atoms with Gasteiger partial charge in [0.2, 0.25) is 5.91 Å². The first-order chi connectivity index (χ1) is 15.9.